The van der Waals surface area contributed by atoms with Gasteiger partial charge < -0.3 is 10.6 Å². The van der Waals surface area contributed by atoms with E-state index in [0.717, 1.165) is 17.0 Å². The monoisotopic (exact) mass is 444 g/mol. The third-order valence-electron chi connectivity index (χ3n) is 4.63. The summed E-state index contributed by atoms with van der Waals surface area (Å²) in [7, 11) is -3.77. The number of thioether (sulfide) groups is 1. The number of hydrogen-bond acceptors (Lipinski definition) is 6. The topological polar surface area (TPSA) is 117 Å². The second-order valence-electron chi connectivity index (χ2n) is 6.91. The van der Waals surface area contributed by atoms with Crippen LogP contribution in [-0.2, 0) is 19.6 Å². The van der Waals surface area contributed by atoms with Crippen molar-refractivity contribution in [2.24, 2.45) is 4.99 Å². The summed E-state index contributed by atoms with van der Waals surface area (Å²) in [5, 5.41) is 4.93. The van der Waals surface area contributed by atoms with Crippen LogP contribution in [0.15, 0.2) is 63.3 Å². The molecule has 0 saturated heterocycles. The summed E-state index contributed by atoms with van der Waals surface area (Å²) in [6, 6.07) is 13.4. The van der Waals surface area contributed by atoms with E-state index in [4.69, 9.17) is 0 Å². The van der Waals surface area contributed by atoms with Crippen molar-refractivity contribution in [3.8, 4) is 0 Å². The van der Waals surface area contributed by atoms with E-state index in [1.54, 1.807) is 12.1 Å². The molecule has 2 aromatic carbocycles. The number of sulfonamides is 1. The van der Waals surface area contributed by atoms with Gasteiger partial charge in [-0.25, -0.2) is 8.42 Å². The van der Waals surface area contributed by atoms with Crippen LogP contribution in [0, 0.1) is 0 Å². The molecule has 1 unspecified atom stereocenters. The van der Waals surface area contributed by atoms with Crippen LogP contribution >= 0.6 is 11.8 Å². The van der Waals surface area contributed by atoms with Gasteiger partial charge in [0.05, 0.1) is 15.8 Å². The molecule has 8 nitrogen and oxygen atoms in total. The fourth-order valence-electron chi connectivity index (χ4n) is 3.19. The Kier molecular flexibility index (Phi) is 5.78. The molecule has 0 aliphatic carbocycles. The van der Waals surface area contributed by atoms with Gasteiger partial charge in [0.1, 0.15) is 5.84 Å². The molecule has 0 fully saturated rings. The number of benzene rings is 2. The first-order valence-electron chi connectivity index (χ1n) is 9.43. The molecule has 4 rings (SSSR count). The maximum Gasteiger partial charge on any atom is 0.262 e. The molecule has 2 aliphatic heterocycles. The summed E-state index contributed by atoms with van der Waals surface area (Å²) in [6.45, 7) is 0.616. The molecule has 0 spiro atoms. The number of aliphatic imine (C=N–C) groups is 1. The van der Waals surface area contributed by atoms with E-state index < -0.39 is 15.3 Å². The molecule has 2 aromatic rings. The lowest BCUT2D eigenvalue weighted by atomic mass is 10.2. The maximum atomic E-state index is 12.5. The van der Waals surface area contributed by atoms with Gasteiger partial charge in [0, 0.05) is 30.0 Å². The number of rotatable bonds is 5. The van der Waals surface area contributed by atoms with Crippen LogP contribution in [-0.4, -0.2) is 37.9 Å². The Morgan fingerprint density at radius 1 is 1.20 bits per heavy atom. The highest BCUT2D eigenvalue weighted by molar-refractivity contribution is 8.01. The van der Waals surface area contributed by atoms with Crippen molar-refractivity contribution in [1.29, 1.82) is 0 Å². The van der Waals surface area contributed by atoms with E-state index in [-0.39, 0.29) is 23.1 Å². The molecule has 1 atom stereocenters. The van der Waals surface area contributed by atoms with Crippen LogP contribution in [0.2, 0.25) is 0 Å². The van der Waals surface area contributed by atoms with Crippen LogP contribution in [0.5, 0.6) is 0 Å². The zero-order valence-corrected chi connectivity index (χ0v) is 17.6. The highest BCUT2D eigenvalue weighted by Crippen LogP contribution is 2.36. The van der Waals surface area contributed by atoms with Crippen molar-refractivity contribution in [3.63, 3.8) is 0 Å². The summed E-state index contributed by atoms with van der Waals surface area (Å²) in [5.74, 6) is -0.151. The molecular weight excluding hydrogens is 424 g/mol. The summed E-state index contributed by atoms with van der Waals surface area (Å²) < 4.78 is 27.6. The molecule has 156 valence electrons. The van der Waals surface area contributed by atoms with Crippen LogP contribution in [0.4, 0.5) is 11.4 Å². The van der Waals surface area contributed by atoms with Gasteiger partial charge in [-0.15, -0.1) is 11.8 Å². The van der Waals surface area contributed by atoms with Gasteiger partial charge in [-0.2, -0.15) is 0 Å². The van der Waals surface area contributed by atoms with Gasteiger partial charge in [0.2, 0.25) is 11.8 Å². The number of carbonyl (C=O) groups excluding carboxylic acids is 2. The summed E-state index contributed by atoms with van der Waals surface area (Å²) in [5.41, 5.74) is 1.08. The molecular formula is C20H20N4O4S2. The number of nitrogens with zero attached hydrogens (tertiary/aromatic N) is 1. The third kappa shape index (κ3) is 4.65. The first kappa shape index (κ1) is 20.4. The number of amides is 2. The van der Waals surface area contributed by atoms with Crippen molar-refractivity contribution in [1.82, 2.24) is 4.72 Å². The Labute approximate surface area is 178 Å². The fourth-order valence-corrected chi connectivity index (χ4v) is 5.43. The normalized spacial score (nSPS) is 18.2. The lowest BCUT2D eigenvalue weighted by molar-refractivity contribution is -0.120. The highest BCUT2D eigenvalue weighted by Gasteiger charge is 2.29. The van der Waals surface area contributed by atoms with Crippen molar-refractivity contribution in [2.75, 3.05) is 17.2 Å². The van der Waals surface area contributed by atoms with Crippen molar-refractivity contribution < 1.29 is 18.0 Å². The van der Waals surface area contributed by atoms with E-state index in [0.29, 0.717) is 24.5 Å². The van der Waals surface area contributed by atoms with E-state index in [2.05, 4.69) is 20.3 Å². The predicted octanol–water partition coefficient (Wildman–Crippen LogP) is 2.60. The van der Waals surface area contributed by atoms with Crippen molar-refractivity contribution in [2.45, 2.75) is 34.3 Å². The molecule has 10 heteroatoms. The SMILES string of the molecule is O=C(CC1Sc2ccccc2NC1=O)Nc1cccc(S(=O)(=O)NC2=NCCC2)c1. The minimum Gasteiger partial charge on any atom is -0.326 e. The van der Waals surface area contributed by atoms with E-state index in [1.807, 2.05) is 24.3 Å². The highest BCUT2D eigenvalue weighted by atomic mass is 32.2. The molecule has 0 aromatic heterocycles. The second kappa shape index (κ2) is 8.49. The Bertz CT molecular complexity index is 1130. The predicted molar refractivity (Wildman–Crippen MR) is 116 cm³/mol. The summed E-state index contributed by atoms with van der Waals surface area (Å²) in [4.78, 5) is 29.8. The van der Waals surface area contributed by atoms with Crippen molar-refractivity contribution in [3.05, 3.63) is 48.5 Å². The van der Waals surface area contributed by atoms with Crippen molar-refractivity contribution >= 4 is 50.8 Å². The van der Waals surface area contributed by atoms with Gasteiger partial charge in [-0.3, -0.25) is 19.3 Å². The molecule has 2 amide bonds. The van der Waals surface area contributed by atoms with E-state index in [9.17, 15) is 18.0 Å². The minimum atomic E-state index is -3.77. The minimum absolute atomic E-state index is 0.0309. The number of hydrogen-bond donors (Lipinski definition) is 3. The zero-order chi connectivity index (χ0) is 21.1. The number of amidine groups is 1. The van der Waals surface area contributed by atoms with Crippen LogP contribution < -0.4 is 15.4 Å². The molecule has 0 bridgehead atoms. The average Bonchev–Trinajstić information content (AvgIpc) is 3.21. The molecule has 2 aliphatic rings. The van der Waals surface area contributed by atoms with Gasteiger partial charge >= 0.3 is 0 Å². The lowest BCUT2D eigenvalue weighted by Crippen LogP contribution is -2.32. The number of nitrogens with one attached hydrogen (secondary N) is 3. The first-order chi connectivity index (χ1) is 14.4. The van der Waals surface area contributed by atoms with Crippen LogP contribution in [0.1, 0.15) is 19.3 Å². The molecule has 2 heterocycles. The largest absolute Gasteiger partial charge is 0.326 e. The van der Waals surface area contributed by atoms with Gasteiger partial charge in [-0.1, -0.05) is 18.2 Å². The zero-order valence-electron chi connectivity index (χ0n) is 15.9. The smallest absolute Gasteiger partial charge is 0.262 e. The average molecular weight is 445 g/mol. The van der Waals surface area contributed by atoms with E-state index in [1.165, 1.54) is 23.9 Å². The fraction of sp³-hybridized carbons (Fsp3) is 0.250. The van der Waals surface area contributed by atoms with Crippen LogP contribution in [0.25, 0.3) is 0 Å². The van der Waals surface area contributed by atoms with Gasteiger partial charge in [0.25, 0.3) is 10.0 Å². The Hall–Kier alpha value is -2.85. The first-order valence-corrected chi connectivity index (χ1v) is 11.8. The second-order valence-corrected chi connectivity index (χ2v) is 9.84. The number of para-hydroxylation sites is 1. The van der Waals surface area contributed by atoms with Crippen LogP contribution in [0.3, 0.4) is 0 Å². The number of anilines is 2. The Morgan fingerprint density at radius 2 is 2.03 bits per heavy atom. The molecule has 0 saturated carbocycles. The molecule has 30 heavy (non-hydrogen) atoms. The molecule has 3 N–H and O–H groups in total. The quantitative estimate of drug-likeness (QED) is 0.655. The standard InChI is InChI=1S/C20H20N4O4S2/c25-19(12-17-20(26)23-15-7-1-2-8-16(15)29-17)22-13-5-3-6-14(11-13)30(27,28)24-18-9-4-10-21-18/h1-3,5-8,11,17H,4,9-10,12H2,(H,21,24)(H,22,25)(H,23,26). The third-order valence-corrected chi connectivity index (χ3v) is 7.29. The maximum absolute atomic E-state index is 12.5. The Morgan fingerprint density at radius 3 is 2.83 bits per heavy atom. The summed E-state index contributed by atoms with van der Waals surface area (Å²) in [6.07, 6.45) is 1.39. The number of carbonyl (C=O) groups is 2. The van der Waals surface area contributed by atoms with Gasteiger partial charge in [-0.05, 0) is 36.8 Å². The Balaban J connectivity index is 1.41. The summed E-state index contributed by atoms with van der Waals surface area (Å²) >= 11 is 1.34. The van der Waals surface area contributed by atoms with Gasteiger partial charge in [0.15, 0.2) is 0 Å². The number of fused-ring (bicyclic) bond motifs is 1. The molecule has 0 radical (unpaired) electrons. The van der Waals surface area contributed by atoms with E-state index >= 15 is 0 Å². The lowest BCUT2D eigenvalue weighted by Gasteiger charge is -2.23.